The lowest BCUT2D eigenvalue weighted by Gasteiger charge is -2.13. The molecule has 0 amide bonds. The molecule has 0 saturated heterocycles. The van der Waals surface area contributed by atoms with Crippen LogP contribution in [0.2, 0.25) is 0 Å². The van der Waals surface area contributed by atoms with Crippen LogP contribution in [0.5, 0.6) is 0 Å². The first-order valence-corrected chi connectivity index (χ1v) is 21.4. The molecule has 0 unspecified atom stereocenters. The predicted octanol–water partition coefficient (Wildman–Crippen LogP) is 14.0. The van der Waals surface area contributed by atoms with Crippen LogP contribution in [-0.4, -0.2) is 0 Å². The Labute approximate surface area is 319 Å². The van der Waals surface area contributed by atoms with E-state index < -0.39 is 0 Å². The van der Waals surface area contributed by atoms with E-state index in [2.05, 4.69) is 74.5 Å². The largest absolute Gasteiger partial charge is 0.399 e. The van der Waals surface area contributed by atoms with Gasteiger partial charge in [-0.05, 0) is 133 Å². The molecule has 0 heterocycles. The molecule has 2 nitrogen and oxygen atoms in total. The Morgan fingerprint density at radius 1 is 0.308 bits per heavy atom. The van der Waals surface area contributed by atoms with Crippen molar-refractivity contribution in [1.82, 2.24) is 0 Å². The highest BCUT2D eigenvalue weighted by atomic mass is 14.5. The number of benzene rings is 4. The van der Waals surface area contributed by atoms with Crippen molar-refractivity contribution in [2.75, 3.05) is 11.5 Å². The average molecular weight is 701 g/mol. The van der Waals surface area contributed by atoms with E-state index in [1.807, 2.05) is 24.3 Å². The van der Waals surface area contributed by atoms with Crippen molar-refractivity contribution >= 4 is 11.4 Å². The molecule has 2 heteroatoms. The van der Waals surface area contributed by atoms with Crippen LogP contribution in [0.4, 0.5) is 11.4 Å². The molecular weight excluding hydrogens is 629 g/mol. The molecular formula is C50H72N2. The zero-order valence-corrected chi connectivity index (χ0v) is 33.2. The number of hydrogen-bond donors (Lipinski definition) is 2. The van der Waals surface area contributed by atoms with Crippen molar-refractivity contribution < 1.29 is 0 Å². The highest BCUT2D eigenvalue weighted by Gasteiger charge is 2.08. The van der Waals surface area contributed by atoms with Gasteiger partial charge in [0, 0.05) is 11.4 Å². The van der Waals surface area contributed by atoms with Crippen LogP contribution in [0.1, 0.15) is 174 Å². The smallest absolute Gasteiger partial charge is 0.0314 e. The molecule has 0 radical (unpaired) electrons. The number of nitrogens with two attached hydrogens (primary N) is 2. The van der Waals surface area contributed by atoms with Crippen molar-refractivity contribution in [3.8, 4) is 0 Å². The van der Waals surface area contributed by atoms with Crippen LogP contribution < -0.4 is 11.5 Å². The zero-order valence-electron chi connectivity index (χ0n) is 33.2. The molecule has 4 N–H and O–H groups in total. The molecule has 0 aliphatic rings. The van der Waals surface area contributed by atoms with Gasteiger partial charge in [0.15, 0.2) is 0 Å². The van der Waals surface area contributed by atoms with Crippen molar-refractivity contribution in [1.29, 1.82) is 0 Å². The van der Waals surface area contributed by atoms with Crippen molar-refractivity contribution in [2.45, 2.75) is 168 Å². The minimum atomic E-state index is 0.843. The van der Waals surface area contributed by atoms with Gasteiger partial charge >= 0.3 is 0 Å². The normalized spacial score (nSPS) is 11.3. The van der Waals surface area contributed by atoms with Crippen LogP contribution in [0.25, 0.3) is 0 Å². The molecule has 0 aliphatic carbocycles. The van der Waals surface area contributed by atoms with Crippen LogP contribution in [0.3, 0.4) is 0 Å². The van der Waals surface area contributed by atoms with Crippen LogP contribution >= 0.6 is 0 Å². The molecule has 52 heavy (non-hydrogen) atoms. The molecule has 0 fully saturated rings. The highest BCUT2D eigenvalue weighted by Crippen LogP contribution is 2.23. The van der Waals surface area contributed by atoms with E-state index in [1.54, 1.807) is 11.1 Å². The fourth-order valence-electron chi connectivity index (χ4n) is 7.70. The monoisotopic (exact) mass is 701 g/mol. The second-order valence-corrected chi connectivity index (χ2v) is 15.7. The van der Waals surface area contributed by atoms with Gasteiger partial charge in [-0.3, -0.25) is 0 Å². The third kappa shape index (κ3) is 16.0. The Morgan fingerprint density at radius 2 is 0.615 bits per heavy atom. The lowest BCUT2D eigenvalue weighted by atomic mass is 9.93. The van der Waals surface area contributed by atoms with E-state index in [9.17, 15) is 0 Å². The van der Waals surface area contributed by atoms with E-state index >= 15 is 0 Å². The molecule has 0 saturated carbocycles. The molecule has 4 rings (SSSR count). The quantitative estimate of drug-likeness (QED) is 0.0480. The lowest BCUT2D eigenvalue weighted by molar-refractivity contribution is 0.533. The van der Waals surface area contributed by atoms with E-state index in [0.717, 1.165) is 24.2 Å². The summed E-state index contributed by atoms with van der Waals surface area (Å²) in [6.45, 7) is 4.59. The number of hydrogen-bond acceptors (Lipinski definition) is 2. The maximum absolute atomic E-state index is 5.90. The summed E-state index contributed by atoms with van der Waals surface area (Å²) in [7, 11) is 0. The molecule has 282 valence electrons. The number of aryl methyl sites for hydroxylation is 4. The molecule has 0 aliphatic heterocycles. The summed E-state index contributed by atoms with van der Waals surface area (Å²) in [4.78, 5) is 0. The van der Waals surface area contributed by atoms with Crippen LogP contribution in [0.15, 0.2) is 84.9 Å². The summed E-state index contributed by atoms with van der Waals surface area (Å²) in [6, 6.07) is 31.4. The number of nitrogen functional groups attached to an aromatic ring is 2. The van der Waals surface area contributed by atoms with Gasteiger partial charge in [0.25, 0.3) is 0 Å². The molecule has 4 aromatic carbocycles. The fraction of sp³-hybridized carbons (Fsp3) is 0.520. The number of unbranched alkanes of at least 4 members (excludes halogenated alkanes) is 15. The fourth-order valence-corrected chi connectivity index (χ4v) is 7.70. The molecule has 0 spiro atoms. The Balaban J connectivity index is 0.992. The Morgan fingerprint density at radius 3 is 0.942 bits per heavy atom. The third-order valence-electron chi connectivity index (χ3n) is 11.1. The van der Waals surface area contributed by atoms with Gasteiger partial charge < -0.3 is 11.5 Å². The van der Waals surface area contributed by atoms with E-state index in [1.165, 1.54) is 175 Å². The Kier molecular flexibility index (Phi) is 19.6. The molecule has 0 bridgehead atoms. The Bertz CT molecular complexity index is 1400. The van der Waals surface area contributed by atoms with Gasteiger partial charge in [-0.2, -0.15) is 0 Å². The van der Waals surface area contributed by atoms with Crippen molar-refractivity contribution in [3.05, 3.63) is 129 Å². The maximum atomic E-state index is 5.90. The van der Waals surface area contributed by atoms with Crippen molar-refractivity contribution in [3.63, 3.8) is 0 Å². The SMILES string of the molecule is CCCCc1cc(CCCCCCCCCCCCCCCCc2ccc(Cc3ccc(N)cc3)c(CCCC)c2)ccc1Cc1ccc(N)cc1. The molecule has 0 atom stereocenters. The van der Waals surface area contributed by atoms with Gasteiger partial charge in [-0.25, -0.2) is 0 Å². The van der Waals surface area contributed by atoms with Gasteiger partial charge in [-0.1, -0.05) is 164 Å². The summed E-state index contributed by atoms with van der Waals surface area (Å²) in [6.07, 6.45) is 31.4. The van der Waals surface area contributed by atoms with Crippen LogP contribution in [-0.2, 0) is 38.5 Å². The first-order chi connectivity index (χ1) is 25.5. The van der Waals surface area contributed by atoms with Gasteiger partial charge in [0.1, 0.15) is 0 Å². The first-order valence-electron chi connectivity index (χ1n) is 21.4. The first kappa shape index (κ1) is 41.2. The van der Waals surface area contributed by atoms with E-state index in [4.69, 9.17) is 11.5 Å². The minimum Gasteiger partial charge on any atom is -0.399 e. The second-order valence-electron chi connectivity index (χ2n) is 15.7. The maximum Gasteiger partial charge on any atom is 0.0314 e. The predicted molar refractivity (Wildman–Crippen MR) is 229 cm³/mol. The third-order valence-corrected chi connectivity index (χ3v) is 11.1. The second kappa shape index (κ2) is 24.7. The summed E-state index contributed by atoms with van der Waals surface area (Å²) in [5.41, 5.74) is 25.3. The van der Waals surface area contributed by atoms with Gasteiger partial charge in [0.2, 0.25) is 0 Å². The summed E-state index contributed by atoms with van der Waals surface area (Å²) >= 11 is 0. The summed E-state index contributed by atoms with van der Waals surface area (Å²) < 4.78 is 0. The van der Waals surface area contributed by atoms with Gasteiger partial charge in [0.05, 0.1) is 0 Å². The molecule has 4 aromatic rings. The zero-order chi connectivity index (χ0) is 36.6. The topological polar surface area (TPSA) is 52.0 Å². The van der Waals surface area contributed by atoms with Gasteiger partial charge in [-0.15, -0.1) is 0 Å². The summed E-state index contributed by atoms with van der Waals surface area (Å²) in [5, 5.41) is 0. The van der Waals surface area contributed by atoms with E-state index in [-0.39, 0.29) is 0 Å². The number of anilines is 2. The standard InChI is InChI=1S/C50H72N2/c1-3-5-23-45-37-41(25-31-47(45)39-43-27-33-49(51)34-28-43)21-19-17-15-13-11-9-7-8-10-12-14-16-18-20-22-42-26-32-48(46(38-42)24-6-4-2)40-44-29-35-50(52)36-30-44/h25-38H,3-24,39-40,51-52H2,1-2H3. The highest BCUT2D eigenvalue weighted by molar-refractivity contribution is 5.43. The van der Waals surface area contributed by atoms with Crippen LogP contribution in [0, 0.1) is 0 Å². The number of rotatable bonds is 27. The lowest BCUT2D eigenvalue weighted by Crippen LogP contribution is -1.99. The Hall–Kier alpha value is -3.52. The molecule has 0 aromatic heterocycles. The minimum absolute atomic E-state index is 0.843. The van der Waals surface area contributed by atoms with E-state index in [0.29, 0.717) is 0 Å². The van der Waals surface area contributed by atoms with Crippen molar-refractivity contribution in [2.24, 2.45) is 0 Å². The average Bonchev–Trinajstić information content (AvgIpc) is 3.16. The summed E-state index contributed by atoms with van der Waals surface area (Å²) in [5.74, 6) is 0.